The monoisotopic (exact) mass is 264 g/mol. The molecule has 0 aliphatic rings. The van der Waals surface area contributed by atoms with Crippen LogP contribution in [0.1, 0.15) is 20.1 Å². The van der Waals surface area contributed by atoms with E-state index in [4.69, 9.17) is 14.9 Å². The standard InChI is InChI=1S/C13H12O4S/c14-7-9-2-1-3-10(6-9)17-8-11-4-5-12(18-11)13(15)16/h1-6,14H,7-8H2,(H,15,16). The Bertz CT molecular complexity index is 547. The van der Waals surface area contributed by atoms with Gasteiger partial charge in [-0.1, -0.05) is 12.1 Å². The number of aliphatic hydroxyl groups is 1. The van der Waals surface area contributed by atoms with E-state index in [-0.39, 0.29) is 6.61 Å². The molecule has 1 aromatic heterocycles. The number of hydrogen-bond acceptors (Lipinski definition) is 4. The highest BCUT2D eigenvalue weighted by Gasteiger charge is 2.07. The summed E-state index contributed by atoms with van der Waals surface area (Å²) in [5.41, 5.74) is 0.782. The molecule has 94 valence electrons. The van der Waals surface area contributed by atoms with Gasteiger partial charge in [0.05, 0.1) is 6.61 Å². The molecule has 0 spiro atoms. The molecule has 0 aliphatic heterocycles. The van der Waals surface area contributed by atoms with Crippen molar-refractivity contribution >= 4 is 17.3 Å². The quantitative estimate of drug-likeness (QED) is 0.870. The number of aliphatic hydroxyl groups excluding tert-OH is 1. The van der Waals surface area contributed by atoms with Crippen LogP contribution in [0.3, 0.4) is 0 Å². The summed E-state index contributed by atoms with van der Waals surface area (Å²) in [6.07, 6.45) is 0. The van der Waals surface area contributed by atoms with E-state index in [0.29, 0.717) is 17.2 Å². The first kappa shape index (κ1) is 12.6. The Morgan fingerprint density at radius 1 is 1.28 bits per heavy atom. The molecule has 1 aromatic carbocycles. The van der Waals surface area contributed by atoms with Crippen LogP contribution in [0, 0.1) is 0 Å². The molecular formula is C13H12O4S. The van der Waals surface area contributed by atoms with Crippen LogP contribution in [0.25, 0.3) is 0 Å². The predicted molar refractivity (Wildman–Crippen MR) is 68.0 cm³/mol. The van der Waals surface area contributed by atoms with Crippen molar-refractivity contribution in [3.8, 4) is 5.75 Å². The highest BCUT2D eigenvalue weighted by Crippen LogP contribution is 2.20. The summed E-state index contributed by atoms with van der Waals surface area (Å²) in [5, 5.41) is 17.8. The molecule has 4 nitrogen and oxygen atoms in total. The lowest BCUT2D eigenvalue weighted by Gasteiger charge is -2.05. The van der Waals surface area contributed by atoms with E-state index in [0.717, 1.165) is 10.4 Å². The van der Waals surface area contributed by atoms with Crippen LogP contribution < -0.4 is 4.74 Å². The van der Waals surface area contributed by atoms with Crippen molar-refractivity contribution in [3.05, 3.63) is 51.7 Å². The first-order chi connectivity index (χ1) is 8.69. The van der Waals surface area contributed by atoms with Crippen molar-refractivity contribution in [3.63, 3.8) is 0 Å². The van der Waals surface area contributed by atoms with Gasteiger partial charge in [0.2, 0.25) is 0 Å². The van der Waals surface area contributed by atoms with Crippen molar-refractivity contribution < 1.29 is 19.7 Å². The van der Waals surface area contributed by atoms with E-state index in [1.165, 1.54) is 11.3 Å². The second-order valence-corrected chi connectivity index (χ2v) is 4.83. The summed E-state index contributed by atoms with van der Waals surface area (Å²) < 4.78 is 5.53. The van der Waals surface area contributed by atoms with Gasteiger partial charge in [-0.15, -0.1) is 11.3 Å². The van der Waals surface area contributed by atoms with Crippen LogP contribution in [-0.4, -0.2) is 16.2 Å². The number of aromatic carboxylic acids is 1. The number of carbonyl (C=O) groups is 1. The molecule has 2 rings (SSSR count). The Kier molecular flexibility index (Phi) is 3.96. The maximum Gasteiger partial charge on any atom is 0.345 e. The third-order valence-corrected chi connectivity index (χ3v) is 3.38. The molecule has 0 unspecified atom stereocenters. The first-order valence-corrected chi connectivity index (χ1v) is 6.15. The SMILES string of the molecule is O=C(O)c1ccc(COc2cccc(CO)c2)s1. The lowest BCUT2D eigenvalue weighted by atomic mass is 10.2. The minimum Gasteiger partial charge on any atom is -0.488 e. The average molecular weight is 264 g/mol. The molecule has 0 atom stereocenters. The van der Waals surface area contributed by atoms with Gasteiger partial charge in [-0.05, 0) is 29.8 Å². The maximum absolute atomic E-state index is 10.7. The normalized spacial score (nSPS) is 10.3. The highest BCUT2D eigenvalue weighted by molar-refractivity contribution is 7.13. The van der Waals surface area contributed by atoms with Gasteiger partial charge in [-0.25, -0.2) is 4.79 Å². The average Bonchev–Trinajstić information content (AvgIpc) is 2.85. The van der Waals surface area contributed by atoms with Crippen LogP contribution in [0.4, 0.5) is 0 Å². The predicted octanol–water partition coefficient (Wildman–Crippen LogP) is 2.52. The minimum absolute atomic E-state index is 0.0284. The fraction of sp³-hybridized carbons (Fsp3) is 0.154. The van der Waals surface area contributed by atoms with Gasteiger partial charge in [0, 0.05) is 4.88 Å². The third-order valence-electron chi connectivity index (χ3n) is 2.33. The Balaban J connectivity index is 1.99. The largest absolute Gasteiger partial charge is 0.488 e. The highest BCUT2D eigenvalue weighted by atomic mass is 32.1. The van der Waals surface area contributed by atoms with Gasteiger partial charge < -0.3 is 14.9 Å². The Labute approximate surface area is 108 Å². The zero-order chi connectivity index (χ0) is 13.0. The van der Waals surface area contributed by atoms with E-state index in [2.05, 4.69) is 0 Å². The van der Waals surface area contributed by atoms with Gasteiger partial charge >= 0.3 is 5.97 Å². The zero-order valence-corrected chi connectivity index (χ0v) is 10.3. The maximum atomic E-state index is 10.7. The molecular weight excluding hydrogens is 252 g/mol. The van der Waals surface area contributed by atoms with E-state index < -0.39 is 5.97 Å². The van der Waals surface area contributed by atoms with E-state index in [9.17, 15) is 4.79 Å². The van der Waals surface area contributed by atoms with Gasteiger partial charge in [0.15, 0.2) is 0 Å². The molecule has 0 fully saturated rings. The van der Waals surface area contributed by atoms with Crippen molar-refractivity contribution in [2.45, 2.75) is 13.2 Å². The molecule has 0 bridgehead atoms. The Morgan fingerprint density at radius 2 is 2.11 bits per heavy atom. The minimum atomic E-state index is -0.923. The van der Waals surface area contributed by atoms with Gasteiger partial charge in [0.25, 0.3) is 0 Å². The second-order valence-electron chi connectivity index (χ2n) is 3.67. The summed E-state index contributed by atoms with van der Waals surface area (Å²) in [5.74, 6) is -0.264. The molecule has 5 heteroatoms. The Hall–Kier alpha value is -1.85. The molecule has 0 amide bonds. The van der Waals surface area contributed by atoms with E-state index in [1.54, 1.807) is 36.4 Å². The van der Waals surface area contributed by atoms with Crippen LogP contribution in [0.2, 0.25) is 0 Å². The van der Waals surface area contributed by atoms with Crippen LogP contribution >= 0.6 is 11.3 Å². The first-order valence-electron chi connectivity index (χ1n) is 5.33. The molecule has 2 aromatic rings. The molecule has 18 heavy (non-hydrogen) atoms. The number of ether oxygens (including phenoxy) is 1. The molecule has 0 aliphatic carbocycles. The van der Waals surface area contributed by atoms with Crippen molar-refractivity contribution in [1.29, 1.82) is 0 Å². The fourth-order valence-electron chi connectivity index (χ4n) is 1.46. The van der Waals surface area contributed by atoms with Gasteiger partial charge in [0.1, 0.15) is 17.2 Å². The van der Waals surface area contributed by atoms with Crippen LogP contribution in [-0.2, 0) is 13.2 Å². The lowest BCUT2D eigenvalue weighted by molar-refractivity contribution is 0.0702. The summed E-state index contributed by atoms with van der Waals surface area (Å²) >= 11 is 1.20. The molecule has 0 radical (unpaired) electrons. The number of carboxylic acids is 1. The van der Waals surface area contributed by atoms with Crippen LogP contribution in [0.5, 0.6) is 5.75 Å². The van der Waals surface area contributed by atoms with Crippen LogP contribution in [0.15, 0.2) is 36.4 Å². The number of carboxylic acid groups (broad SMARTS) is 1. The van der Waals surface area contributed by atoms with Gasteiger partial charge in [-0.3, -0.25) is 0 Å². The lowest BCUT2D eigenvalue weighted by Crippen LogP contribution is -1.94. The summed E-state index contributed by atoms with van der Waals surface area (Å²) in [7, 11) is 0. The Morgan fingerprint density at radius 3 is 2.78 bits per heavy atom. The summed E-state index contributed by atoms with van der Waals surface area (Å²) in [6, 6.07) is 10.5. The molecule has 2 N–H and O–H groups in total. The zero-order valence-electron chi connectivity index (χ0n) is 9.50. The number of thiophene rings is 1. The number of benzene rings is 1. The smallest absolute Gasteiger partial charge is 0.345 e. The molecule has 1 heterocycles. The third kappa shape index (κ3) is 3.09. The summed E-state index contributed by atoms with van der Waals surface area (Å²) in [6.45, 7) is 0.298. The second kappa shape index (κ2) is 5.66. The van der Waals surface area contributed by atoms with Crippen molar-refractivity contribution in [2.24, 2.45) is 0 Å². The molecule has 0 saturated heterocycles. The van der Waals surface area contributed by atoms with Gasteiger partial charge in [-0.2, -0.15) is 0 Å². The van der Waals surface area contributed by atoms with Crippen molar-refractivity contribution in [1.82, 2.24) is 0 Å². The van der Waals surface area contributed by atoms with E-state index >= 15 is 0 Å². The van der Waals surface area contributed by atoms with E-state index in [1.807, 2.05) is 0 Å². The summed E-state index contributed by atoms with van der Waals surface area (Å²) in [4.78, 5) is 11.9. The fourth-order valence-corrected chi connectivity index (χ4v) is 2.22. The number of rotatable bonds is 5. The topological polar surface area (TPSA) is 66.8 Å². The number of hydrogen-bond donors (Lipinski definition) is 2. The van der Waals surface area contributed by atoms with Crippen molar-refractivity contribution in [2.75, 3.05) is 0 Å². The molecule has 0 saturated carbocycles.